The van der Waals surface area contributed by atoms with Gasteiger partial charge in [0.15, 0.2) is 18.2 Å². The molecule has 0 saturated heterocycles. The number of rotatable bonds is 7. The topological polar surface area (TPSA) is 74.6 Å². The lowest BCUT2D eigenvalue weighted by Gasteiger charge is -2.13. The number of carbonyl (C=O) groups excluding carboxylic acids is 1. The van der Waals surface area contributed by atoms with Gasteiger partial charge < -0.3 is 19.5 Å². The molecule has 23 heavy (non-hydrogen) atoms. The molecule has 1 fully saturated rings. The maximum absolute atomic E-state index is 11.9. The molecule has 1 heterocycles. The van der Waals surface area contributed by atoms with Crippen LogP contribution in [-0.4, -0.2) is 35.9 Å². The van der Waals surface area contributed by atoms with Gasteiger partial charge in [-0.1, -0.05) is 6.07 Å². The molecule has 1 aliphatic carbocycles. The molecule has 1 N–H and O–H groups in total. The molecule has 0 spiro atoms. The van der Waals surface area contributed by atoms with Crippen LogP contribution in [0.4, 0.5) is 0 Å². The van der Waals surface area contributed by atoms with Crippen LogP contribution in [0.25, 0.3) is 0 Å². The minimum Gasteiger partial charge on any atom is -0.493 e. The minimum absolute atomic E-state index is 0.146. The first-order valence-electron chi connectivity index (χ1n) is 7.39. The van der Waals surface area contributed by atoms with Crippen LogP contribution in [0, 0.1) is 0 Å². The Morgan fingerprint density at radius 2 is 1.96 bits per heavy atom. The number of hydrogen-bond donors (Lipinski definition) is 1. The van der Waals surface area contributed by atoms with Crippen LogP contribution in [0.1, 0.15) is 23.3 Å². The van der Waals surface area contributed by atoms with Gasteiger partial charge in [0.05, 0.1) is 14.2 Å². The third kappa shape index (κ3) is 3.56. The number of nitrogens with zero attached hydrogens (tertiary/aromatic N) is 2. The molecule has 0 radical (unpaired) electrons. The van der Waals surface area contributed by atoms with E-state index in [2.05, 4.69) is 10.4 Å². The largest absolute Gasteiger partial charge is 0.493 e. The van der Waals surface area contributed by atoms with Crippen molar-refractivity contribution in [2.24, 2.45) is 0 Å². The number of aromatic nitrogens is 2. The smallest absolute Gasteiger partial charge is 0.271 e. The molecule has 7 nitrogen and oxygen atoms in total. The summed E-state index contributed by atoms with van der Waals surface area (Å²) in [5, 5.41) is 7.11. The van der Waals surface area contributed by atoms with E-state index in [0.29, 0.717) is 29.0 Å². The molecule has 1 aliphatic rings. The highest BCUT2D eigenvalue weighted by Gasteiger charge is 2.24. The fraction of sp³-hybridized carbons (Fsp3) is 0.375. The summed E-state index contributed by atoms with van der Waals surface area (Å²) in [5.41, 5.74) is 0.382. The zero-order chi connectivity index (χ0) is 16.2. The number of nitrogens with one attached hydrogen (secondary N) is 1. The highest BCUT2D eigenvalue weighted by molar-refractivity contribution is 5.92. The highest BCUT2D eigenvalue weighted by atomic mass is 16.5. The van der Waals surface area contributed by atoms with Gasteiger partial charge in [0, 0.05) is 12.2 Å². The van der Waals surface area contributed by atoms with Gasteiger partial charge in [0.1, 0.15) is 5.69 Å². The van der Waals surface area contributed by atoms with Crippen LogP contribution in [0.3, 0.4) is 0 Å². The Labute approximate surface area is 134 Å². The van der Waals surface area contributed by atoms with Crippen molar-refractivity contribution < 1.29 is 19.0 Å². The number of hydrogen-bond acceptors (Lipinski definition) is 5. The molecule has 0 aliphatic heterocycles. The number of benzene rings is 1. The van der Waals surface area contributed by atoms with E-state index in [0.717, 1.165) is 12.8 Å². The van der Waals surface area contributed by atoms with Crippen LogP contribution in [0.5, 0.6) is 17.2 Å². The van der Waals surface area contributed by atoms with Crippen LogP contribution in [-0.2, 0) is 6.73 Å². The predicted molar refractivity (Wildman–Crippen MR) is 82.9 cm³/mol. The van der Waals surface area contributed by atoms with Crippen molar-refractivity contribution in [3.8, 4) is 17.2 Å². The zero-order valence-electron chi connectivity index (χ0n) is 13.1. The van der Waals surface area contributed by atoms with Crippen molar-refractivity contribution in [1.82, 2.24) is 15.1 Å². The maximum Gasteiger partial charge on any atom is 0.271 e. The van der Waals surface area contributed by atoms with Crippen molar-refractivity contribution >= 4 is 5.91 Å². The van der Waals surface area contributed by atoms with Crippen LogP contribution in [0.15, 0.2) is 30.5 Å². The summed E-state index contributed by atoms with van der Waals surface area (Å²) >= 11 is 0. The predicted octanol–water partition coefficient (Wildman–Crippen LogP) is 1.83. The summed E-state index contributed by atoms with van der Waals surface area (Å²) < 4.78 is 17.8. The Kier molecular flexibility index (Phi) is 4.36. The first-order valence-corrected chi connectivity index (χ1v) is 7.39. The van der Waals surface area contributed by atoms with Gasteiger partial charge in [0.25, 0.3) is 5.91 Å². The summed E-state index contributed by atoms with van der Waals surface area (Å²) in [5.74, 6) is 1.49. The van der Waals surface area contributed by atoms with Gasteiger partial charge in [-0.3, -0.25) is 4.79 Å². The van der Waals surface area contributed by atoms with Gasteiger partial charge in [-0.05, 0) is 31.0 Å². The molecular formula is C16H19N3O4. The zero-order valence-corrected chi connectivity index (χ0v) is 13.1. The van der Waals surface area contributed by atoms with Crippen LogP contribution < -0.4 is 19.5 Å². The Morgan fingerprint density at radius 3 is 2.57 bits per heavy atom. The normalized spacial score (nSPS) is 13.5. The van der Waals surface area contributed by atoms with Gasteiger partial charge >= 0.3 is 0 Å². The average molecular weight is 317 g/mol. The van der Waals surface area contributed by atoms with Gasteiger partial charge in [-0.2, -0.15) is 5.10 Å². The van der Waals surface area contributed by atoms with Crippen molar-refractivity contribution in [3.05, 3.63) is 36.2 Å². The van der Waals surface area contributed by atoms with E-state index in [9.17, 15) is 4.79 Å². The molecule has 2 aromatic rings. The molecule has 1 amide bonds. The SMILES string of the molecule is COc1cccc(OC)c1OCn1ccc(C(=O)NC2CC2)n1. The summed E-state index contributed by atoms with van der Waals surface area (Å²) in [6.45, 7) is 0.146. The molecular weight excluding hydrogens is 298 g/mol. The van der Waals surface area contributed by atoms with Crippen LogP contribution in [0.2, 0.25) is 0 Å². The second-order valence-electron chi connectivity index (χ2n) is 5.25. The Hall–Kier alpha value is -2.70. The lowest BCUT2D eigenvalue weighted by molar-refractivity contribution is 0.0944. The fourth-order valence-electron chi connectivity index (χ4n) is 2.13. The highest BCUT2D eigenvalue weighted by Crippen LogP contribution is 2.36. The Balaban J connectivity index is 1.66. The summed E-state index contributed by atoms with van der Waals surface area (Å²) in [6, 6.07) is 7.37. The van der Waals surface area contributed by atoms with Gasteiger partial charge in [-0.15, -0.1) is 0 Å². The molecule has 0 bridgehead atoms. The van der Waals surface area contributed by atoms with Crippen LogP contribution >= 0.6 is 0 Å². The van der Waals surface area contributed by atoms with E-state index < -0.39 is 0 Å². The first-order chi connectivity index (χ1) is 11.2. The summed E-state index contributed by atoms with van der Waals surface area (Å²) in [7, 11) is 3.13. The van der Waals surface area contributed by atoms with E-state index in [-0.39, 0.29) is 12.6 Å². The molecule has 0 atom stereocenters. The third-order valence-corrected chi connectivity index (χ3v) is 3.51. The Morgan fingerprint density at radius 1 is 1.26 bits per heavy atom. The van der Waals surface area contributed by atoms with E-state index in [1.165, 1.54) is 0 Å². The summed E-state index contributed by atoms with van der Waals surface area (Å²) in [4.78, 5) is 11.9. The number of para-hydroxylation sites is 1. The van der Waals surface area contributed by atoms with Crippen molar-refractivity contribution in [1.29, 1.82) is 0 Å². The fourth-order valence-corrected chi connectivity index (χ4v) is 2.13. The lowest BCUT2D eigenvalue weighted by Crippen LogP contribution is -2.26. The molecule has 0 unspecified atom stereocenters. The van der Waals surface area contributed by atoms with Gasteiger partial charge in [-0.25, -0.2) is 4.68 Å². The second-order valence-corrected chi connectivity index (χ2v) is 5.25. The van der Waals surface area contributed by atoms with Gasteiger partial charge in [0.2, 0.25) is 5.75 Å². The minimum atomic E-state index is -0.152. The summed E-state index contributed by atoms with van der Waals surface area (Å²) in [6.07, 6.45) is 3.79. The molecule has 7 heteroatoms. The van der Waals surface area contributed by atoms with Crippen molar-refractivity contribution in [3.63, 3.8) is 0 Å². The average Bonchev–Trinajstić information content (AvgIpc) is 3.26. The second kappa shape index (κ2) is 6.60. The van der Waals surface area contributed by atoms with E-state index >= 15 is 0 Å². The maximum atomic E-state index is 11.9. The molecule has 1 aromatic carbocycles. The molecule has 122 valence electrons. The van der Waals surface area contributed by atoms with E-state index in [1.54, 1.807) is 43.3 Å². The monoisotopic (exact) mass is 317 g/mol. The number of amides is 1. The lowest BCUT2D eigenvalue weighted by atomic mass is 10.3. The molecule has 1 aromatic heterocycles. The Bertz CT molecular complexity index is 672. The molecule has 1 saturated carbocycles. The van der Waals surface area contributed by atoms with E-state index in [1.807, 2.05) is 6.07 Å². The van der Waals surface area contributed by atoms with Crippen molar-refractivity contribution in [2.45, 2.75) is 25.6 Å². The first kappa shape index (κ1) is 15.2. The quantitative estimate of drug-likeness (QED) is 0.843. The van der Waals surface area contributed by atoms with Crippen molar-refractivity contribution in [2.75, 3.05) is 14.2 Å². The number of methoxy groups -OCH3 is 2. The third-order valence-electron chi connectivity index (χ3n) is 3.51. The standard InChI is InChI=1S/C16H19N3O4/c1-21-13-4-3-5-14(22-2)15(13)23-10-19-9-8-12(18-19)16(20)17-11-6-7-11/h3-5,8-9,11H,6-7,10H2,1-2H3,(H,17,20). The number of ether oxygens (including phenoxy) is 3. The number of carbonyl (C=O) groups is 1. The van der Waals surface area contributed by atoms with E-state index in [4.69, 9.17) is 14.2 Å². The molecule has 3 rings (SSSR count).